The van der Waals surface area contributed by atoms with Gasteiger partial charge in [-0.25, -0.2) is 4.98 Å². The lowest BCUT2D eigenvalue weighted by atomic mass is 9.98. The van der Waals surface area contributed by atoms with E-state index in [4.69, 9.17) is 0 Å². The Morgan fingerprint density at radius 3 is 2.59 bits per heavy atom. The Balaban J connectivity index is 1.80. The minimum Gasteiger partial charge on any atom is -0.390 e. The van der Waals surface area contributed by atoms with Crippen molar-refractivity contribution in [3.8, 4) is 0 Å². The zero-order valence-corrected chi connectivity index (χ0v) is 13.8. The van der Waals surface area contributed by atoms with Gasteiger partial charge in [0.1, 0.15) is 0 Å². The van der Waals surface area contributed by atoms with Gasteiger partial charge in [0.15, 0.2) is 0 Å². The first-order chi connectivity index (χ1) is 10.4. The fourth-order valence-corrected chi connectivity index (χ4v) is 2.65. The van der Waals surface area contributed by atoms with E-state index in [2.05, 4.69) is 10.3 Å². The van der Waals surface area contributed by atoms with Crippen LogP contribution in [0.2, 0.25) is 0 Å². The number of carbonyl (C=O) groups excluding carboxylic acids is 1. The van der Waals surface area contributed by atoms with E-state index in [9.17, 15) is 9.90 Å². The first kappa shape index (κ1) is 16.6. The lowest BCUT2D eigenvalue weighted by molar-refractivity contribution is 0.0713. The highest BCUT2D eigenvalue weighted by atomic mass is 32.1. The van der Waals surface area contributed by atoms with E-state index in [-0.39, 0.29) is 5.91 Å². The van der Waals surface area contributed by atoms with Crippen LogP contribution in [0.1, 0.15) is 41.2 Å². The molecule has 1 heterocycles. The molecule has 1 aromatic heterocycles. The van der Waals surface area contributed by atoms with Crippen LogP contribution in [0, 0.1) is 0 Å². The van der Waals surface area contributed by atoms with E-state index in [1.54, 1.807) is 31.4 Å². The fourth-order valence-electron chi connectivity index (χ4n) is 2.03. The molecule has 4 nitrogen and oxygen atoms in total. The Bertz CT molecular complexity index is 586. The number of rotatable bonds is 7. The number of hydrogen-bond acceptors (Lipinski definition) is 4. The maximum Gasteiger partial charge on any atom is 0.251 e. The van der Waals surface area contributed by atoms with E-state index in [1.165, 1.54) is 0 Å². The van der Waals surface area contributed by atoms with Crippen molar-refractivity contribution in [2.45, 2.75) is 38.7 Å². The Kier molecular flexibility index (Phi) is 5.69. The zero-order chi connectivity index (χ0) is 16.0. The predicted octanol–water partition coefficient (Wildman–Crippen LogP) is 2.82. The summed E-state index contributed by atoms with van der Waals surface area (Å²) in [6, 6.07) is 7.56. The second-order valence-corrected chi connectivity index (χ2v) is 6.92. The number of aliphatic hydroxyl groups is 1. The van der Waals surface area contributed by atoms with Gasteiger partial charge in [0.05, 0.1) is 10.6 Å². The maximum atomic E-state index is 12.0. The summed E-state index contributed by atoms with van der Waals surface area (Å²) in [4.78, 5) is 16.2. The average molecular weight is 318 g/mol. The van der Waals surface area contributed by atoms with Crippen LogP contribution in [0.4, 0.5) is 0 Å². The molecule has 0 aliphatic carbocycles. The van der Waals surface area contributed by atoms with Gasteiger partial charge < -0.3 is 10.4 Å². The lowest BCUT2D eigenvalue weighted by Gasteiger charge is -2.16. The molecule has 2 rings (SSSR count). The van der Waals surface area contributed by atoms with Gasteiger partial charge in [-0.2, -0.15) is 0 Å². The Morgan fingerprint density at radius 1 is 1.27 bits per heavy atom. The van der Waals surface area contributed by atoms with Gasteiger partial charge >= 0.3 is 0 Å². The SMILES string of the molecule is CC(C)(O)CCc1ccc(C(=O)NCCc2nccs2)cc1. The van der Waals surface area contributed by atoms with Gasteiger partial charge in [0, 0.05) is 30.1 Å². The second-order valence-electron chi connectivity index (χ2n) is 5.94. The van der Waals surface area contributed by atoms with Crippen LogP contribution in [-0.2, 0) is 12.8 Å². The van der Waals surface area contributed by atoms with Gasteiger partial charge in [-0.15, -0.1) is 11.3 Å². The molecular formula is C17H22N2O2S. The van der Waals surface area contributed by atoms with E-state index >= 15 is 0 Å². The highest BCUT2D eigenvalue weighted by Gasteiger charge is 2.12. The molecule has 0 saturated heterocycles. The largest absolute Gasteiger partial charge is 0.390 e. The summed E-state index contributed by atoms with van der Waals surface area (Å²) < 4.78 is 0. The molecule has 118 valence electrons. The Labute approximate surface area is 135 Å². The van der Waals surface area contributed by atoms with E-state index in [0.717, 1.165) is 23.4 Å². The number of nitrogens with one attached hydrogen (secondary N) is 1. The van der Waals surface area contributed by atoms with Crippen molar-refractivity contribution in [1.82, 2.24) is 10.3 Å². The molecule has 0 aliphatic rings. The van der Waals surface area contributed by atoms with Crippen molar-refractivity contribution >= 4 is 17.2 Å². The van der Waals surface area contributed by atoms with Crippen LogP contribution >= 0.6 is 11.3 Å². The lowest BCUT2D eigenvalue weighted by Crippen LogP contribution is -2.25. The van der Waals surface area contributed by atoms with Crippen LogP contribution in [0.15, 0.2) is 35.8 Å². The smallest absolute Gasteiger partial charge is 0.251 e. The summed E-state index contributed by atoms with van der Waals surface area (Å²) >= 11 is 1.60. The monoisotopic (exact) mass is 318 g/mol. The minimum atomic E-state index is -0.661. The van der Waals surface area contributed by atoms with E-state index < -0.39 is 5.60 Å². The van der Waals surface area contributed by atoms with Crippen LogP contribution in [0.25, 0.3) is 0 Å². The number of carbonyl (C=O) groups is 1. The third kappa shape index (κ3) is 5.58. The Morgan fingerprint density at radius 2 is 2.00 bits per heavy atom. The maximum absolute atomic E-state index is 12.0. The van der Waals surface area contributed by atoms with Crippen molar-refractivity contribution in [3.05, 3.63) is 52.0 Å². The number of benzene rings is 1. The molecule has 0 bridgehead atoms. The topological polar surface area (TPSA) is 62.2 Å². The average Bonchev–Trinajstić information content (AvgIpc) is 2.98. The Hall–Kier alpha value is -1.72. The molecule has 0 saturated carbocycles. The predicted molar refractivity (Wildman–Crippen MR) is 89.2 cm³/mol. The summed E-state index contributed by atoms with van der Waals surface area (Å²) in [5.74, 6) is -0.0643. The van der Waals surface area contributed by atoms with Crippen LogP contribution in [0.5, 0.6) is 0 Å². The highest BCUT2D eigenvalue weighted by Crippen LogP contribution is 2.14. The molecule has 0 unspecified atom stereocenters. The zero-order valence-electron chi connectivity index (χ0n) is 13.0. The summed E-state index contributed by atoms with van der Waals surface area (Å²) in [6.45, 7) is 4.20. The van der Waals surface area contributed by atoms with Crippen LogP contribution in [0.3, 0.4) is 0 Å². The highest BCUT2D eigenvalue weighted by molar-refractivity contribution is 7.09. The number of amides is 1. The normalized spacial score (nSPS) is 11.4. The van der Waals surface area contributed by atoms with E-state index in [0.29, 0.717) is 18.5 Å². The number of nitrogens with zero attached hydrogens (tertiary/aromatic N) is 1. The molecule has 22 heavy (non-hydrogen) atoms. The molecule has 0 spiro atoms. The number of hydrogen-bond donors (Lipinski definition) is 2. The molecule has 0 radical (unpaired) electrons. The molecule has 1 amide bonds. The number of aryl methyl sites for hydroxylation is 1. The summed E-state index contributed by atoms with van der Waals surface area (Å²) in [7, 11) is 0. The third-order valence-electron chi connectivity index (χ3n) is 3.35. The fraction of sp³-hybridized carbons (Fsp3) is 0.412. The summed E-state index contributed by atoms with van der Waals surface area (Å²) in [5, 5.41) is 15.6. The number of thiazole rings is 1. The first-order valence-corrected chi connectivity index (χ1v) is 8.30. The first-order valence-electron chi connectivity index (χ1n) is 7.42. The molecule has 2 aromatic rings. The van der Waals surface area contributed by atoms with Crippen LogP contribution in [-0.4, -0.2) is 28.1 Å². The summed E-state index contributed by atoms with van der Waals surface area (Å²) in [6.07, 6.45) is 4.03. The molecular weight excluding hydrogens is 296 g/mol. The van der Waals surface area contributed by atoms with Gasteiger partial charge in [-0.1, -0.05) is 12.1 Å². The third-order valence-corrected chi connectivity index (χ3v) is 4.19. The molecule has 2 N–H and O–H groups in total. The van der Waals surface area contributed by atoms with Gasteiger partial charge in [0.25, 0.3) is 5.91 Å². The molecule has 1 aromatic carbocycles. The second kappa shape index (κ2) is 7.51. The molecule has 5 heteroatoms. The number of aromatic nitrogens is 1. The van der Waals surface area contributed by atoms with Crippen LogP contribution < -0.4 is 5.32 Å². The van der Waals surface area contributed by atoms with Crippen molar-refractivity contribution in [2.24, 2.45) is 0 Å². The molecule has 0 aliphatic heterocycles. The quantitative estimate of drug-likeness (QED) is 0.825. The van der Waals surface area contributed by atoms with Crippen molar-refractivity contribution in [2.75, 3.05) is 6.54 Å². The van der Waals surface area contributed by atoms with E-state index in [1.807, 2.05) is 29.6 Å². The van der Waals surface area contributed by atoms with Crippen molar-refractivity contribution in [3.63, 3.8) is 0 Å². The standard InChI is InChI=1S/C17H22N2O2S/c1-17(2,21)9-7-13-3-5-14(6-4-13)16(20)19-10-8-15-18-11-12-22-15/h3-6,11-12,21H,7-10H2,1-2H3,(H,19,20). The van der Waals surface area contributed by atoms with Crippen molar-refractivity contribution in [1.29, 1.82) is 0 Å². The van der Waals surface area contributed by atoms with Gasteiger partial charge in [0.2, 0.25) is 0 Å². The van der Waals surface area contributed by atoms with Gasteiger partial charge in [-0.3, -0.25) is 4.79 Å². The molecule has 0 atom stereocenters. The minimum absolute atomic E-state index is 0.0643. The molecule has 0 fully saturated rings. The summed E-state index contributed by atoms with van der Waals surface area (Å²) in [5.41, 5.74) is 1.12. The van der Waals surface area contributed by atoms with Crippen molar-refractivity contribution < 1.29 is 9.90 Å². The van der Waals surface area contributed by atoms with Gasteiger partial charge in [-0.05, 0) is 44.4 Å².